The highest BCUT2D eigenvalue weighted by molar-refractivity contribution is 5.93. The first kappa shape index (κ1) is 19.4. The van der Waals surface area contributed by atoms with E-state index >= 15 is 0 Å². The van der Waals surface area contributed by atoms with Crippen molar-refractivity contribution in [2.75, 3.05) is 7.11 Å². The van der Waals surface area contributed by atoms with Crippen LogP contribution in [0.1, 0.15) is 34.7 Å². The summed E-state index contributed by atoms with van der Waals surface area (Å²) in [6.45, 7) is 3.87. The molecule has 0 spiro atoms. The number of hydrogen-bond donors (Lipinski definition) is 2. The molecule has 1 atom stereocenters. The molecule has 0 aliphatic heterocycles. The molecule has 1 aromatic carbocycles. The van der Waals surface area contributed by atoms with E-state index in [4.69, 9.17) is 4.74 Å². The van der Waals surface area contributed by atoms with Crippen molar-refractivity contribution in [3.8, 4) is 22.8 Å². The molecule has 2 N–H and O–H groups in total. The first-order chi connectivity index (χ1) is 14.6. The number of carbonyl (C=O) groups is 1. The Morgan fingerprint density at radius 3 is 2.77 bits per heavy atom. The van der Waals surface area contributed by atoms with E-state index < -0.39 is 0 Å². The molecule has 0 saturated carbocycles. The van der Waals surface area contributed by atoms with Gasteiger partial charge in [0.2, 0.25) is 0 Å². The zero-order valence-electron chi connectivity index (χ0n) is 17.0. The van der Waals surface area contributed by atoms with Crippen molar-refractivity contribution in [3.05, 3.63) is 77.9 Å². The standard InChI is InChI=1S/C22H22N6O2/c1-14(17-13-24-28(15(17)2)21-10-6-7-11-23-21)25-22(29)19-12-18(26-27-19)16-8-4-5-9-20(16)30-3/h4-14H,1-3H3,(H,25,29)(H,26,27)/t14-/m1/s1. The zero-order valence-corrected chi connectivity index (χ0v) is 17.0. The van der Waals surface area contributed by atoms with Crippen molar-refractivity contribution in [2.45, 2.75) is 19.9 Å². The molecule has 8 heteroatoms. The average Bonchev–Trinajstić information content (AvgIpc) is 3.41. The van der Waals surface area contributed by atoms with Crippen molar-refractivity contribution >= 4 is 5.91 Å². The summed E-state index contributed by atoms with van der Waals surface area (Å²) in [7, 11) is 1.61. The fourth-order valence-corrected chi connectivity index (χ4v) is 3.34. The molecule has 4 aromatic rings. The number of ether oxygens (including phenoxy) is 1. The lowest BCUT2D eigenvalue weighted by Gasteiger charge is -2.13. The van der Waals surface area contributed by atoms with Crippen molar-refractivity contribution in [2.24, 2.45) is 0 Å². The number of aromatic amines is 1. The van der Waals surface area contributed by atoms with Crippen molar-refractivity contribution in [1.29, 1.82) is 0 Å². The van der Waals surface area contributed by atoms with E-state index in [1.54, 1.807) is 30.3 Å². The van der Waals surface area contributed by atoms with Crippen LogP contribution in [0.15, 0.2) is 60.9 Å². The average molecular weight is 402 g/mol. The van der Waals surface area contributed by atoms with Crippen LogP contribution in [0.25, 0.3) is 17.1 Å². The summed E-state index contributed by atoms with van der Waals surface area (Å²) in [5, 5.41) is 14.5. The summed E-state index contributed by atoms with van der Waals surface area (Å²) in [4.78, 5) is 17.1. The van der Waals surface area contributed by atoms with Gasteiger partial charge in [0.1, 0.15) is 11.4 Å². The van der Waals surface area contributed by atoms with Gasteiger partial charge in [0.05, 0.1) is 25.0 Å². The number of hydrogen-bond acceptors (Lipinski definition) is 5. The van der Waals surface area contributed by atoms with Gasteiger partial charge in [-0.3, -0.25) is 9.89 Å². The molecule has 3 heterocycles. The molecule has 0 saturated heterocycles. The summed E-state index contributed by atoms with van der Waals surface area (Å²) in [6, 6.07) is 14.7. The Bertz CT molecular complexity index is 1170. The van der Waals surface area contributed by atoms with Gasteiger partial charge in [-0.1, -0.05) is 18.2 Å². The van der Waals surface area contributed by atoms with Gasteiger partial charge < -0.3 is 10.1 Å². The predicted molar refractivity (Wildman–Crippen MR) is 113 cm³/mol. The number of rotatable bonds is 6. The third-order valence-corrected chi connectivity index (χ3v) is 4.93. The Labute approximate surface area is 173 Å². The molecule has 1 amide bonds. The van der Waals surface area contributed by atoms with E-state index in [-0.39, 0.29) is 11.9 Å². The highest BCUT2D eigenvalue weighted by atomic mass is 16.5. The quantitative estimate of drug-likeness (QED) is 0.515. The van der Waals surface area contributed by atoms with Crippen LogP contribution in [0.3, 0.4) is 0 Å². The number of amides is 1. The normalized spacial score (nSPS) is 11.8. The van der Waals surface area contributed by atoms with Gasteiger partial charge in [0.25, 0.3) is 5.91 Å². The lowest BCUT2D eigenvalue weighted by Crippen LogP contribution is -2.27. The molecule has 30 heavy (non-hydrogen) atoms. The molecule has 0 aliphatic carbocycles. The smallest absolute Gasteiger partial charge is 0.269 e. The SMILES string of the molecule is COc1ccccc1-c1cc(C(=O)N[C@H](C)c2cnn(-c3ccccn3)c2C)[nH]n1. The first-order valence-electron chi connectivity index (χ1n) is 9.54. The Morgan fingerprint density at radius 2 is 2.00 bits per heavy atom. The third kappa shape index (κ3) is 3.67. The van der Waals surface area contributed by atoms with Gasteiger partial charge in [0.15, 0.2) is 5.82 Å². The van der Waals surface area contributed by atoms with Crippen LogP contribution in [0.4, 0.5) is 0 Å². The second-order valence-corrected chi connectivity index (χ2v) is 6.85. The number of aromatic nitrogens is 5. The number of nitrogens with zero attached hydrogens (tertiary/aromatic N) is 4. The van der Waals surface area contributed by atoms with Crippen LogP contribution < -0.4 is 10.1 Å². The molecule has 8 nitrogen and oxygen atoms in total. The van der Waals surface area contributed by atoms with Crippen molar-refractivity contribution < 1.29 is 9.53 Å². The van der Waals surface area contributed by atoms with Crippen LogP contribution in [-0.2, 0) is 0 Å². The molecular weight excluding hydrogens is 380 g/mol. The van der Waals surface area contributed by atoms with Crippen LogP contribution in [0.5, 0.6) is 5.75 Å². The van der Waals surface area contributed by atoms with Crippen LogP contribution in [0.2, 0.25) is 0 Å². The highest BCUT2D eigenvalue weighted by Crippen LogP contribution is 2.28. The summed E-state index contributed by atoms with van der Waals surface area (Å²) in [5.74, 6) is 1.18. The number of H-pyrrole nitrogens is 1. The molecule has 0 radical (unpaired) electrons. The number of para-hydroxylation sites is 1. The van der Waals surface area contributed by atoms with Gasteiger partial charge >= 0.3 is 0 Å². The van der Waals surface area contributed by atoms with Crippen molar-refractivity contribution in [1.82, 2.24) is 30.3 Å². The summed E-state index contributed by atoms with van der Waals surface area (Å²) < 4.78 is 7.13. The maximum absolute atomic E-state index is 12.8. The summed E-state index contributed by atoms with van der Waals surface area (Å²) in [6.07, 6.45) is 3.47. The molecule has 0 fully saturated rings. The van der Waals surface area contributed by atoms with E-state index in [1.807, 2.05) is 56.3 Å². The number of carbonyl (C=O) groups excluding carboxylic acids is 1. The van der Waals surface area contributed by atoms with E-state index in [0.717, 1.165) is 22.6 Å². The van der Waals surface area contributed by atoms with Gasteiger partial charge in [-0.25, -0.2) is 9.67 Å². The minimum absolute atomic E-state index is 0.243. The Balaban J connectivity index is 1.51. The van der Waals surface area contributed by atoms with Gasteiger partial charge in [-0.15, -0.1) is 0 Å². The fraction of sp³-hybridized carbons (Fsp3) is 0.182. The van der Waals surface area contributed by atoms with E-state index in [0.29, 0.717) is 17.1 Å². The van der Waals surface area contributed by atoms with E-state index in [2.05, 4.69) is 25.6 Å². The number of benzene rings is 1. The lowest BCUT2D eigenvalue weighted by atomic mass is 10.1. The maximum Gasteiger partial charge on any atom is 0.269 e. The van der Waals surface area contributed by atoms with Gasteiger partial charge in [-0.2, -0.15) is 10.2 Å². The Hall–Kier alpha value is -3.94. The number of nitrogens with one attached hydrogen (secondary N) is 2. The van der Waals surface area contributed by atoms with Gasteiger partial charge in [0, 0.05) is 23.0 Å². The van der Waals surface area contributed by atoms with Crippen LogP contribution >= 0.6 is 0 Å². The molecule has 0 unspecified atom stereocenters. The minimum atomic E-state index is -0.249. The maximum atomic E-state index is 12.8. The number of methoxy groups -OCH3 is 1. The van der Waals surface area contributed by atoms with E-state index in [9.17, 15) is 4.79 Å². The second-order valence-electron chi connectivity index (χ2n) is 6.85. The largest absolute Gasteiger partial charge is 0.496 e. The molecule has 4 rings (SSSR count). The van der Waals surface area contributed by atoms with Crippen LogP contribution in [-0.4, -0.2) is 38.0 Å². The van der Waals surface area contributed by atoms with Crippen LogP contribution in [0, 0.1) is 6.92 Å². The second kappa shape index (κ2) is 8.20. The topological polar surface area (TPSA) is 97.7 Å². The Morgan fingerprint density at radius 1 is 1.20 bits per heavy atom. The van der Waals surface area contributed by atoms with Gasteiger partial charge in [-0.05, 0) is 44.2 Å². The molecule has 0 aliphatic rings. The summed E-state index contributed by atoms with van der Waals surface area (Å²) in [5.41, 5.74) is 3.66. The first-order valence-corrected chi connectivity index (χ1v) is 9.54. The molecular formula is C22H22N6O2. The Kier molecular flexibility index (Phi) is 5.30. The minimum Gasteiger partial charge on any atom is -0.496 e. The third-order valence-electron chi connectivity index (χ3n) is 4.93. The monoisotopic (exact) mass is 402 g/mol. The van der Waals surface area contributed by atoms with E-state index in [1.165, 1.54) is 0 Å². The fourth-order valence-electron chi connectivity index (χ4n) is 3.34. The number of pyridine rings is 1. The van der Waals surface area contributed by atoms with Crippen molar-refractivity contribution in [3.63, 3.8) is 0 Å². The summed E-state index contributed by atoms with van der Waals surface area (Å²) >= 11 is 0. The molecule has 3 aromatic heterocycles. The predicted octanol–water partition coefficient (Wildman–Crippen LogP) is 3.47. The molecule has 0 bridgehead atoms. The lowest BCUT2D eigenvalue weighted by molar-refractivity contribution is 0.0934. The highest BCUT2D eigenvalue weighted by Gasteiger charge is 2.19. The zero-order chi connectivity index (χ0) is 21.1. The molecule has 152 valence electrons.